The summed E-state index contributed by atoms with van der Waals surface area (Å²) in [5.74, 6) is -1.22. The summed E-state index contributed by atoms with van der Waals surface area (Å²) in [6.07, 6.45) is 1.79. The first-order valence-corrected chi connectivity index (χ1v) is 12.0. The number of halogens is 2. The number of esters is 1. The quantitative estimate of drug-likeness (QED) is 0.421. The molecule has 0 saturated carbocycles. The Hall–Kier alpha value is -2.24. The van der Waals surface area contributed by atoms with E-state index in [1.54, 1.807) is 0 Å². The Kier molecular flexibility index (Phi) is 6.96. The van der Waals surface area contributed by atoms with Crippen LogP contribution in [0, 0.1) is 5.92 Å². The summed E-state index contributed by atoms with van der Waals surface area (Å²) < 4.78 is 6.46. The van der Waals surface area contributed by atoms with Crippen LogP contribution in [0.25, 0.3) is 0 Å². The lowest BCUT2D eigenvalue weighted by Gasteiger charge is -2.36. The van der Waals surface area contributed by atoms with Gasteiger partial charge in [0.15, 0.2) is 5.78 Å². The first kappa shape index (κ1) is 22.9. The molecular formula is C26H25BrClNO3. The van der Waals surface area contributed by atoms with E-state index in [0.29, 0.717) is 35.8 Å². The topological polar surface area (TPSA) is 55.7 Å². The van der Waals surface area contributed by atoms with Crippen molar-refractivity contribution in [2.24, 2.45) is 10.9 Å². The predicted molar refractivity (Wildman–Crippen MR) is 130 cm³/mol. The Morgan fingerprint density at radius 1 is 1.09 bits per heavy atom. The minimum Gasteiger partial charge on any atom is -0.465 e. The molecule has 32 heavy (non-hydrogen) atoms. The average Bonchev–Trinajstić information content (AvgIpc) is 2.77. The number of ketones is 1. The standard InChI is InChI=1S/C26H25BrClNO3/c1-3-12-32-26(31)23-15(2)29-21-13-18(16-6-10-20(28)11-7-16)14-22(30)25(21)24(23)17-4-8-19(27)9-5-17/h4-11,18,23-24H,3,12-14H2,1-2H3. The maximum absolute atomic E-state index is 13.5. The van der Waals surface area contributed by atoms with Crippen molar-refractivity contribution in [2.45, 2.75) is 44.9 Å². The molecule has 1 aliphatic carbocycles. The van der Waals surface area contributed by atoms with E-state index in [-0.39, 0.29) is 17.7 Å². The molecule has 0 N–H and O–H groups in total. The van der Waals surface area contributed by atoms with Crippen LogP contribution in [0.3, 0.4) is 0 Å². The van der Waals surface area contributed by atoms with Crippen LogP contribution in [0.5, 0.6) is 0 Å². The van der Waals surface area contributed by atoms with E-state index in [4.69, 9.17) is 21.3 Å². The summed E-state index contributed by atoms with van der Waals surface area (Å²) in [5, 5.41) is 0.672. The molecule has 0 bridgehead atoms. The van der Waals surface area contributed by atoms with E-state index >= 15 is 0 Å². The highest BCUT2D eigenvalue weighted by Crippen LogP contribution is 2.47. The second-order valence-corrected chi connectivity index (χ2v) is 9.72. The Morgan fingerprint density at radius 3 is 2.41 bits per heavy atom. The van der Waals surface area contributed by atoms with E-state index in [1.165, 1.54) is 0 Å². The molecule has 6 heteroatoms. The average molecular weight is 515 g/mol. The molecule has 0 spiro atoms. The number of carbonyl (C=O) groups excluding carboxylic acids is 2. The van der Waals surface area contributed by atoms with Gasteiger partial charge in [-0.2, -0.15) is 0 Å². The normalized spacial score (nSPS) is 22.9. The third-order valence-corrected chi connectivity index (χ3v) is 6.94. The maximum atomic E-state index is 13.5. The van der Waals surface area contributed by atoms with Crippen molar-refractivity contribution in [2.75, 3.05) is 6.61 Å². The van der Waals surface area contributed by atoms with Crippen LogP contribution in [-0.2, 0) is 14.3 Å². The van der Waals surface area contributed by atoms with Crippen LogP contribution < -0.4 is 0 Å². The van der Waals surface area contributed by atoms with E-state index in [9.17, 15) is 9.59 Å². The summed E-state index contributed by atoms with van der Waals surface area (Å²) in [6, 6.07) is 15.5. The van der Waals surface area contributed by atoms with Crippen LogP contribution in [0.15, 0.2) is 69.3 Å². The van der Waals surface area contributed by atoms with Crippen molar-refractivity contribution in [3.05, 3.63) is 80.4 Å². The van der Waals surface area contributed by atoms with Crippen molar-refractivity contribution >= 4 is 45.0 Å². The van der Waals surface area contributed by atoms with Gasteiger partial charge in [-0.05, 0) is 61.1 Å². The lowest BCUT2D eigenvalue weighted by atomic mass is 9.69. The molecule has 166 valence electrons. The number of benzene rings is 2. The smallest absolute Gasteiger partial charge is 0.315 e. The van der Waals surface area contributed by atoms with Crippen LogP contribution in [0.2, 0.25) is 5.02 Å². The van der Waals surface area contributed by atoms with Crippen molar-refractivity contribution in [1.29, 1.82) is 0 Å². The van der Waals surface area contributed by atoms with Crippen molar-refractivity contribution in [3.8, 4) is 0 Å². The highest BCUT2D eigenvalue weighted by molar-refractivity contribution is 9.10. The zero-order valence-corrected chi connectivity index (χ0v) is 20.4. The van der Waals surface area contributed by atoms with Crippen LogP contribution in [0.4, 0.5) is 0 Å². The summed E-state index contributed by atoms with van der Waals surface area (Å²) in [6.45, 7) is 4.18. The summed E-state index contributed by atoms with van der Waals surface area (Å²) in [5.41, 5.74) is 4.13. The third kappa shape index (κ3) is 4.60. The number of hydrogen-bond acceptors (Lipinski definition) is 4. The second-order valence-electron chi connectivity index (χ2n) is 8.37. The van der Waals surface area contributed by atoms with Crippen LogP contribution in [0.1, 0.15) is 56.1 Å². The molecule has 0 amide bonds. The summed E-state index contributed by atoms with van der Waals surface area (Å²) in [7, 11) is 0. The van der Waals surface area contributed by atoms with Gasteiger partial charge in [-0.1, -0.05) is 58.7 Å². The Labute approximate surface area is 201 Å². The number of nitrogens with zero attached hydrogens (tertiary/aromatic N) is 1. The fourth-order valence-electron chi connectivity index (χ4n) is 4.66. The monoisotopic (exact) mass is 513 g/mol. The maximum Gasteiger partial charge on any atom is 0.315 e. The Balaban J connectivity index is 1.76. The Morgan fingerprint density at radius 2 is 1.75 bits per heavy atom. The fourth-order valence-corrected chi connectivity index (χ4v) is 5.05. The molecule has 2 aliphatic rings. The molecule has 2 aromatic carbocycles. The number of allylic oxidation sites excluding steroid dienone is 2. The van der Waals surface area contributed by atoms with E-state index < -0.39 is 11.8 Å². The van der Waals surface area contributed by atoms with Gasteiger partial charge in [0, 0.05) is 38.8 Å². The van der Waals surface area contributed by atoms with Gasteiger partial charge in [0.2, 0.25) is 0 Å². The van der Waals surface area contributed by atoms with Crippen LogP contribution >= 0.6 is 27.5 Å². The Bertz CT molecular complexity index is 1090. The summed E-state index contributed by atoms with van der Waals surface area (Å²) >= 11 is 9.52. The van der Waals surface area contributed by atoms with Gasteiger partial charge < -0.3 is 4.74 Å². The van der Waals surface area contributed by atoms with Crippen molar-refractivity contribution in [1.82, 2.24) is 0 Å². The lowest BCUT2D eigenvalue weighted by molar-refractivity contribution is -0.146. The highest BCUT2D eigenvalue weighted by Gasteiger charge is 2.44. The third-order valence-electron chi connectivity index (χ3n) is 6.16. The van der Waals surface area contributed by atoms with Gasteiger partial charge in [0.1, 0.15) is 5.92 Å². The van der Waals surface area contributed by atoms with Gasteiger partial charge >= 0.3 is 5.97 Å². The van der Waals surface area contributed by atoms with Crippen LogP contribution in [-0.4, -0.2) is 24.1 Å². The zero-order chi connectivity index (χ0) is 22.8. The van der Waals surface area contributed by atoms with Gasteiger partial charge in [0.25, 0.3) is 0 Å². The number of carbonyl (C=O) groups is 2. The molecule has 3 unspecified atom stereocenters. The molecule has 2 aromatic rings. The van der Waals surface area contributed by atoms with E-state index in [2.05, 4.69) is 15.9 Å². The van der Waals surface area contributed by atoms with E-state index in [1.807, 2.05) is 62.4 Å². The van der Waals surface area contributed by atoms with Crippen molar-refractivity contribution < 1.29 is 14.3 Å². The predicted octanol–water partition coefficient (Wildman–Crippen LogP) is 6.63. The molecule has 4 nitrogen and oxygen atoms in total. The number of hydrogen-bond donors (Lipinski definition) is 0. The van der Waals surface area contributed by atoms with Gasteiger partial charge in [-0.25, -0.2) is 0 Å². The molecular weight excluding hydrogens is 490 g/mol. The van der Waals surface area contributed by atoms with Gasteiger partial charge in [-0.3, -0.25) is 14.6 Å². The number of rotatable bonds is 5. The number of aliphatic imine (C=N–C) groups is 1. The second kappa shape index (κ2) is 9.72. The number of ether oxygens (including phenoxy) is 1. The molecule has 0 saturated heterocycles. The molecule has 1 heterocycles. The molecule has 0 aromatic heterocycles. The van der Waals surface area contributed by atoms with Gasteiger partial charge in [-0.15, -0.1) is 0 Å². The lowest BCUT2D eigenvalue weighted by Crippen LogP contribution is -2.38. The number of Topliss-reactive ketones (excluding diaryl/α,β-unsaturated/α-hetero) is 1. The fraction of sp³-hybridized carbons (Fsp3) is 0.346. The molecule has 0 radical (unpaired) electrons. The largest absolute Gasteiger partial charge is 0.465 e. The molecule has 3 atom stereocenters. The van der Waals surface area contributed by atoms with Crippen molar-refractivity contribution in [3.63, 3.8) is 0 Å². The highest BCUT2D eigenvalue weighted by atomic mass is 79.9. The SMILES string of the molecule is CCCOC(=O)C1C(C)=NC2=C(C(=O)CC(c3ccc(Cl)cc3)C2)C1c1ccc(Br)cc1. The molecule has 4 rings (SSSR count). The zero-order valence-electron chi connectivity index (χ0n) is 18.1. The molecule has 1 aliphatic heterocycles. The summed E-state index contributed by atoms with van der Waals surface area (Å²) in [4.78, 5) is 31.4. The van der Waals surface area contributed by atoms with Gasteiger partial charge in [0.05, 0.1) is 6.61 Å². The minimum atomic E-state index is -0.600. The minimum absolute atomic E-state index is 0.0451. The van der Waals surface area contributed by atoms with E-state index in [0.717, 1.165) is 27.7 Å². The first-order valence-electron chi connectivity index (χ1n) is 10.9. The molecule has 0 fully saturated rings. The first-order chi connectivity index (χ1) is 15.4.